The van der Waals surface area contributed by atoms with Crippen molar-refractivity contribution in [2.75, 3.05) is 26.7 Å². The number of nitrogens with zero attached hydrogens (tertiary/aromatic N) is 1. The van der Waals surface area contributed by atoms with Crippen molar-refractivity contribution >= 4 is 5.91 Å². The zero-order valence-corrected chi connectivity index (χ0v) is 12.0. The molecule has 0 unspecified atom stereocenters. The van der Waals surface area contributed by atoms with E-state index in [1.807, 2.05) is 24.3 Å². The van der Waals surface area contributed by atoms with Gasteiger partial charge in [0.25, 0.3) is 0 Å². The summed E-state index contributed by atoms with van der Waals surface area (Å²) in [6.45, 7) is 2.84. The highest BCUT2D eigenvalue weighted by Gasteiger charge is 2.17. The predicted molar refractivity (Wildman–Crippen MR) is 78.5 cm³/mol. The minimum atomic E-state index is 0.0660. The fraction of sp³-hybridized carbons (Fsp3) is 0.533. The number of piperidine rings is 1. The second kappa shape index (κ2) is 7.26. The molecular weight excluding hydrogens is 254 g/mol. The Balaban J connectivity index is 1.71. The highest BCUT2D eigenvalue weighted by molar-refractivity contribution is 5.78. The third kappa shape index (κ3) is 4.51. The average molecular weight is 277 g/mol. The molecule has 2 rings (SSSR count). The number of likely N-dealkylation sites (tertiary alicyclic amines) is 1. The number of ether oxygens (including phenoxy) is 1. The molecule has 5 nitrogen and oxygen atoms in total. The van der Waals surface area contributed by atoms with Crippen molar-refractivity contribution in [2.45, 2.75) is 25.4 Å². The Hall–Kier alpha value is -1.59. The van der Waals surface area contributed by atoms with Gasteiger partial charge in [-0.1, -0.05) is 12.1 Å². The molecule has 1 heterocycles. The molecule has 1 fully saturated rings. The molecule has 0 spiro atoms. The molecule has 1 aromatic carbocycles. The maximum absolute atomic E-state index is 11.9. The molecule has 1 amide bonds. The van der Waals surface area contributed by atoms with E-state index in [1.54, 1.807) is 7.11 Å². The lowest BCUT2D eigenvalue weighted by Crippen LogP contribution is -2.44. The molecule has 0 bridgehead atoms. The van der Waals surface area contributed by atoms with Crippen molar-refractivity contribution in [3.63, 3.8) is 0 Å². The summed E-state index contributed by atoms with van der Waals surface area (Å²) < 4.78 is 5.10. The zero-order chi connectivity index (χ0) is 14.4. The third-order valence-electron chi connectivity index (χ3n) is 3.65. The summed E-state index contributed by atoms with van der Waals surface area (Å²) in [5.74, 6) is 0.890. The van der Waals surface area contributed by atoms with Crippen molar-refractivity contribution in [1.82, 2.24) is 10.2 Å². The molecule has 0 aromatic heterocycles. The topological polar surface area (TPSA) is 67.6 Å². The molecule has 0 radical (unpaired) electrons. The van der Waals surface area contributed by atoms with Crippen LogP contribution in [0.15, 0.2) is 24.3 Å². The van der Waals surface area contributed by atoms with Crippen LogP contribution in [-0.4, -0.2) is 43.6 Å². The first kappa shape index (κ1) is 14.8. The molecule has 1 aliphatic heterocycles. The maximum Gasteiger partial charge on any atom is 0.234 e. The maximum atomic E-state index is 11.9. The van der Waals surface area contributed by atoms with E-state index in [0.29, 0.717) is 19.1 Å². The van der Waals surface area contributed by atoms with E-state index in [1.165, 1.54) is 0 Å². The molecule has 3 N–H and O–H groups in total. The van der Waals surface area contributed by atoms with E-state index in [-0.39, 0.29) is 5.91 Å². The fourth-order valence-corrected chi connectivity index (χ4v) is 2.31. The average Bonchev–Trinajstić information content (AvgIpc) is 2.48. The first-order valence-corrected chi connectivity index (χ1v) is 7.05. The fourth-order valence-electron chi connectivity index (χ4n) is 2.31. The number of methoxy groups -OCH3 is 1. The van der Waals surface area contributed by atoms with E-state index >= 15 is 0 Å². The number of hydrogen-bond donors (Lipinski definition) is 2. The molecule has 5 heteroatoms. The van der Waals surface area contributed by atoms with Crippen LogP contribution in [-0.2, 0) is 11.3 Å². The number of amides is 1. The van der Waals surface area contributed by atoms with Crippen LogP contribution < -0.4 is 15.8 Å². The zero-order valence-electron chi connectivity index (χ0n) is 12.0. The predicted octanol–water partition coefficient (Wildman–Crippen LogP) is 0.735. The lowest BCUT2D eigenvalue weighted by atomic mass is 10.1. The van der Waals surface area contributed by atoms with Crippen LogP contribution in [0.4, 0.5) is 0 Å². The summed E-state index contributed by atoms with van der Waals surface area (Å²) in [5.41, 5.74) is 6.92. The van der Waals surface area contributed by atoms with E-state index < -0.39 is 0 Å². The first-order chi connectivity index (χ1) is 9.67. The van der Waals surface area contributed by atoms with Gasteiger partial charge < -0.3 is 15.8 Å². The van der Waals surface area contributed by atoms with Crippen LogP contribution in [0.25, 0.3) is 0 Å². The van der Waals surface area contributed by atoms with Crippen molar-refractivity contribution in [2.24, 2.45) is 5.73 Å². The van der Waals surface area contributed by atoms with Gasteiger partial charge in [0.2, 0.25) is 5.91 Å². The van der Waals surface area contributed by atoms with Gasteiger partial charge in [0.05, 0.1) is 13.7 Å². The van der Waals surface area contributed by atoms with Gasteiger partial charge in [0, 0.05) is 25.7 Å². The number of rotatable bonds is 5. The minimum absolute atomic E-state index is 0.0660. The van der Waals surface area contributed by atoms with Gasteiger partial charge in [-0.15, -0.1) is 0 Å². The Morgan fingerprint density at radius 1 is 1.35 bits per heavy atom. The molecule has 0 aliphatic carbocycles. The normalized spacial score (nSPS) is 16.9. The Kier molecular flexibility index (Phi) is 5.38. The van der Waals surface area contributed by atoms with Gasteiger partial charge in [-0.05, 0) is 30.5 Å². The smallest absolute Gasteiger partial charge is 0.234 e. The summed E-state index contributed by atoms with van der Waals surface area (Å²) in [4.78, 5) is 14.0. The molecule has 1 aromatic rings. The number of benzene rings is 1. The summed E-state index contributed by atoms with van der Waals surface area (Å²) in [6, 6.07) is 8.01. The van der Waals surface area contributed by atoms with Crippen LogP contribution in [0.1, 0.15) is 18.4 Å². The number of nitrogens with one attached hydrogen (secondary N) is 1. The molecule has 20 heavy (non-hydrogen) atoms. The largest absolute Gasteiger partial charge is 0.497 e. The lowest BCUT2D eigenvalue weighted by molar-refractivity contribution is -0.122. The van der Waals surface area contributed by atoms with Crippen molar-refractivity contribution in [3.05, 3.63) is 29.8 Å². The van der Waals surface area contributed by atoms with Crippen LogP contribution in [0.5, 0.6) is 5.75 Å². The number of carbonyl (C=O) groups is 1. The number of carbonyl (C=O) groups excluding carboxylic acids is 1. The van der Waals surface area contributed by atoms with Crippen molar-refractivity contribution in [1.29, 1.82) is 0 Å². The summed E-state index contributed by atoms with van der Waals surface area (Å²) in [6.07, 6.45) is 1.96. The highest BCUT2D eigenvalue weighted by Crippen LogP contribution is 2.11. The quantitative estimate of drug-likeness (QED) is 0.833. The number of nitrogens with two attached hydrogens (primary N) is 1. The van der Waals surface area contributed by atoms with E-state index in [0.717, 1.165) is 37.2 Å². The summed E-state index contributed by atoms with van der Waals surface area (Å²) in [7, 11) is 1.64. The van der Waals surface area contributed by atoms with Crippen LogP contribution in [0.2, 0.25) is 0 Å². The second-order valence-corrected chi connectivity index (χ2v) is 5.24. The van der Waals surface area contributed by atoms with Gasteiger partial charge in [-0.25, -0.2) is 0 Å². The molecule has 0 atom stereocenters. The van der Waals surface area contributed by atoms with Crippen LogP contribution in [0.3, 0.4) is 0 Å². The first-order valence-electron chi connectivity index (χ1n) is 7.05. The van der Waals surface area contributed by atoms with Gasteiger partial charge in [-0.2, -0.15) is 0 Å². The summed E-state index contributed by atoms with van der Waals surface area (Å²) >= 11 is 0. The number of hydrogen-bond acceptors (Lipinski definition) is 4. The molecule has 1 saturated heterocycles. The molecule has 1 aliphatic rings. The standard InChI is InChI=1S/C15H23N3O2/c1-20-14-4-2-12(3-5-14)10-17-15(19)11-18-8-6-13(16)7-9-18/h2-5,13H,6-11,16H2,1H3,(H,17,19). The van der Waals surface area contributed by atoms with Crippen molar-refractivity contribution in [3.8, 4) is 5.75 Å². The van der Waals surface area contributed by atoms with E-state index in [9.17, 15) is 4.79 Å². The Bertz CT molecular complexity index is 425. The molecule has 110 valence electrons. The van der Waals surface area contributed by atoms with Crippen LogP contribution in [0, 0.1) is 0 Å². The summed E-state index contributed by atoms with van der Waals surface area (Å²) in [5, 5.41) is 2.94. The van der Waals surface area contributed by atoms with Crippen molar-refractivity contribution < 1.29 is 9.53 Å². The Labute approximate surface area is 120 Å². The molecular formula is C15H23N3O2. The van der Waals surface area contributed by atoms with Gasteiger partial charge in [-0.3, -0.25) is 9.69 Å². The Morgan fingerprint density at radius 2 is 2.00 bits per heavy atom. The Morgan fingerprint density at radius 3 is 2.60 bits per heavy atom. The van der Waals surface area contributed by atoms with Gasteiger partial charge >= 0.3 is 0 Å². The highest BCUT2D eigenvalue weighted by atomic mass is 16.5. The van der Waals surface area contributed by atoms with E-state index in [4.69, 9.17) is 10.5 Å². The monoisotopic (exact) mass is 277 g/mol. The SMILES string of the molecule is COc1ccc(CNC(=O)CN2CCC(N)CC2)cc1. The van der Waals surface area contributed by atoms with E-state index in [2.05, 4.69) is 10.2 Å². The third-order valence-corrected chi connectivity index (χ3v) is 3.65. The minimum Gasteiger partial charge on any atom is -0.497 e. The second-order valence-electron chi connectivity index (χ2n) is 5.24. The lowest BCUT2D eigenvalue weighted by Gasteiger charge is -2.29. The van der Waals surface area contributed by atoms with Crippen LogP contribution >= 0.6 is 0 Å². The molecule has 0 saturated carbocycles. The van der Waals surface area contributed by atoms with Gasteiger partial charge in [0.15, 0.2) is 0 Å². The van der Waals surface area contributed by atoms with Gasteiger partial charge in [0.1, 0.15) is 5.75 Å².